The molecule has 0 saturated carbocycles. The number of hydrogen-bond acceptors (Lipinski definition) is 13. The van der Waals surface area contributed by atoms with E-state index in [9.17, 15) is 48.8 Å². The number of amides is 1. The lowest BCUT2D eigenvalue weighted by atomic mass is 9.85. The summed E-state index contributed by atoms with van der Waals surface area (Å²) in [7, 11) is -5.30. The van der Waals surface area contributed by atoms with Crippen molar-refractivity contribution in [3.8, 4) is 0 Å². The number of rotatable bonds is 59. The number of ketones is 1. The first-order valence-corrected chi connectivity index (χ1v) is 35.4. The fourth-order valence-electron chi connectivity index (χ4n) is 11.2. The van der Waals surface area contributed by atoms with Crippen LogP contribution in [-0.2, 0) is 47.2 Å². The molecule has 0 radical (unpaired) electrons. The SMILES string of the molecule is CCCCCCCCCCCCCC(=O)O[C@H](CCCCCCCCCCC)CC(=O)N[C@H](CO)CO[C@H]1O[C@H](CO)[C@@H](OP(=O)(O)O)[C@H](O)[C@@H]1C(=O)C[C@@H](CCCCCCCCCCC)OC(=O)CCCCCCCCCCCCC. The molecule has 8 atom stereocenters. The summed E-state index contributed by atoms with van der Waals surface area (Å²) in [5.41, 5.74) is 0. The molecular formula is C65H124NO15P. The van der Waals surface area contributed by atoms with Gasteiger partial charge in [-0.1, -0.05) is 259 Å². The lowest BCUT2D eigenvalue weighted by Crippen LogP contribution is -2.60. The number of hydrogen-bond donors (Lipinski definition) is 6. The maximum absolute atomic E-state index is 14.5. The van der Waals surface area contributed by atoms with E-state index >= 15 is 0 Å². The smallest absolute Gasteiger partial charge is 0.462 e. The van der Waals surface area contributed by atoms with Crippen LogP contribution in [0.25, 0.3) is 0 Å². The van der Waals surface area contributed by atoms with E-state index in [4.69, 9.17) is 23.5 Å². The number of esters is 2. The van der Waals surface area contributed by atoms with Gasteiger partial charge in [0.15, 0.2) is 6.29 Å². The second-order valence-electron chi connectivity index (χ2n) is 24.0. The van der Waals surface area contributed by atoms with Crippen LogP contribution in [0.2, 0.25) is 0 Å². The van der Waals surface area contributed by atoms with E-state index in [0.29, 0.717) is 32.1 Å². The minimum atomic E-state index is -5.30. The molecule has 1 amide bonds. The maximum Gasteiger partial charge on any atom is 0.470 e. The van der Waals surface area contributed by atoms with Crippen molar-refractivity contribution in [1.82, 2.24) is 5.32 Å². The van der Waals surface area contributed by atoms with E-state index in [1.54, 1.807) is 0 Å². The van der Waals surface area contributed by atoms with Crippen LogP contribution in [0.3, 0.4) is 0 Å². The first-order valence-electron chi connectivity index (χ1n) is 33.8. The van der Waals surface area contributed by atoms with Crippen LogP contribution in [0.5, 0.6) is 0 Å². The molecule has 0 bridgehead atoms. The molecule has 0 spiro atoms. The van der Waals surface area contributed by atoms with Crippen LogP contribution in [0.1, 0.15) is 323 Å². The molecule has 1 saturated heterocycles. The lowest BCUT2D eigenvalue weighted by molar-refractivity contribution is -0.278. The molecule has 484 valence electrons. The van der Waals surface area contributed by atoms with Crippen molar-refractivity contribution < 1.29 is 72.3 Å². The molecule has 0 aromatic rings. The molecule has 0 aromatic heterocycles. The zero-order valence-electron chi connectivity index (χ0n) is 52.5. The van der Waals surface area contributed by atoms with Gasteiger partial charge in [0.1, 0.15) is 30.2 Å². The highest BCUT2D eigenvalue weighted by atomic mass is 31.2. The third-order valence-corrected chi connectivity index (χ3v) is 16.7. The summed E-state index contributed by atoms with van der Waals surface area (Å²) in [5, 5.41) is 35.4. The van der Waals surface area contributed by atoms with Gasteiger partial charge in [0.2, 0.25) is 5.91 Å². The molecule has 1 aliphatic heterocycles. The number of carbonyl (C=O) groups excluding carboxylic acids is 4. The summed E-state index contributed by atoms with van der Waals surface area (Å²) >= 11 is 0. The van der Waals surface area contributed by atoms with Gasteiger partial charge >= 0.3 is 19.8 Å². The van der Waals surface area contributed by atoms with Crippen molar-refractivity contribution in [2.24, 2.45) is 5.92 Å². The summed E-state index contributed by atoms with van der Waals surface area (Å²) in [6.45, 7) is 6.91. The Balaban J connectivity index is 3.14. The third-order valence-electron chi connectivity index (χ3n) is 16.2. The summed E-state index contributed by atoms with van der Waals surface area (Å²) in [6.07, 6.45) is 36.9. The van der Waals surface area contributed by atoms with E-state index in [1.165, 1.54) is 148 Å². The Morgan fingerprint density at radius 1 is 0.500 bits per heavy atom. The van der Waals surface area contributed by atoms with Crippen molar-refractivity contribution in [2.75, 3.05) is 19.8 Å². The van der Waals surface area contributed by atoms with Gasteiger partial charge < -0.3 is 49.4 Å². The van der Waals surface area contributed by atoms with Crippen molar-refractivity contribution in [3.63, 3.8) is 0 Å². The van der Waals surface area contributed by atoms with Crippen molar-refractivity contribution >= 4 is 31.5 Å². The number of aliphatic hydroxyl groups is 3. The molecule has 6 N–H and O–H groups in total. The topological polar surface area (TPSA) is 245 Å². The number of Topliss-reactive ketones (excluding diaryl/α,β-unsaturated/α-hetero) is 1. The number of aliphatic hydroxyl groups excluding tert-OH is 3. The van der Waals surface area contributed by atoms with Crippen LogP contribution in [0.15, 0.2) is 0 Å². The highest BCUT2D eigenvalue weighted by molar-refractivity contribution is 7.46. The Kier molecular flexibility index (Phi) is 50.7. The zero-order valence-corrected chi connectivity index (χ0v) is 53.4. The number of phosphoric ester groups is 1. The summed E-state index contributed by atoms with van der Waals surface area (Å²) in [6, 6.07) is -1.06. The molecule has 17 heteroatoms. The second-order valence-corrected chi connectivity index (χ2v) is 25.2. The lowest BCUT2D eigenvalue weighted by Gasteiger charge is -2.43. The normalized spacial score (nSPS) is 18.5. The Morgan fingerprint density at radius 3 is 1.18 bits per heavy atom. The van der Waals surface area contributed by atoms with Crippen molar-refractivity contribution in [1.29, 1.82) is 0 Å². The molecule has 0 aromatic carbocycles. The van der Waals surface area contributed by atoms with Gasteiger partial charge in [0.05, 0.1) is 44.3 Å². The molecular weight excluding hydrogens is 1070 g/mol. The Morgan fingerprint density at radius 2 is 0.841 bits per heavy atom. The van der Waals surface area contributed by atoms with Gasteiger partial charge in [-0.15, -0.1) is 0 Å². The first kappa shape index (κ1) is 78.0. The van der Waals surface area contributed by atoms with Crippen LogP contribution in [-0.4, -0.2) is 111 Å². The Bertz CT molecular complexity index is 1580. The monoisotopic (exact) mass is 1190 g/mol. The molecule has 16 nitrogen and oxygen atoms in total. The Hall–Kier alpha value is -2.01. The predicted octanol–water partition coefficient (Wildman–Crippen LogP) is 15.1. The average molecular weight is 1190 g/mol. The van der Waals surface area contributed by atoms with Crippen LogP contribution < -0.4 is 5.32 Å². The average Bonchev–Trinajstić information content (AvgIpc) is 3.51. The fraction of sp³-hybridized carbons (Fsp3) is 0.938. The number of ether oxygens (including phenoxy) is 4. The standard InChI is InChI=1S/C65H124NO15P/c1-5-9-13-17-21-25-27-31-35-39-43-47-60(71)78-55(45-41-37-33-29-23-19-15-11-7-3)49-57(69)62-63(73)64(81-82(74,75)76)58(52-68)80-65(62)77-53-54(51-67)66-59(70)50-56(46-42-38-34-30-24-20-16-12-8-4)79-61(72)48-44-40-36-32-28-26-22-18-14-10-6-2/h54-56,58,62-65,67-68,73H,5-53H2,1-4H3,(H,66,70)(H2,74,75,76)/t54-,55-,56-,58-,62+,63-,64-,65+/m1/s1. The predicted molar refractivity (Wildman–Crippen MR) is 327 cm³/mol. The highest BCUT2D eigenvalue weighted by Crippen LogP contribution is 2.43. The number of nitrogens with one attached hydrogen (secondary N) is 1. The van der Waals surface area contributed by atoms with Gasteiger partial charge in [-0.3, -0.25) is 23.7 Å². The van der Waals surface area contributed by atoms with Gasteiger partial charge in [-0.25, -0.2) is 4.57 Å². The third kappa shape index (κ3) is 42.7. The molecule has 1 heterocycles. The largest absolute Gasteiger partial charge is 0.470 e. The molecule has 0 unspecified atom stereocenters. The minimum Gasteiger partial charge on any atom is -0.462 e. The summed E-state index contributed by atoms with van der Waals surface area (Å²) < 4.78 is 41.0. The Labute approximate surface area is 498 Å². The van der Waals surface area contributed by atoms with Crippen molar-refractivity contribution in [2.45, 2.75) is 366 Å². The van der Waals surface area contributed by atoms with E-state index in [1.807, 2.05) is 0 Å². The quantitative estimate of drug-likeness (QED) is 0.0188. The zero-order chi connectivity index (χ0) is 60.3. The number of carbonyl (C=O) groups is 4. The highest BCUT2D eigenvalue weighted by Gasteiger charge is 2.51. The van der Waals surface area contributed by atoms with Crippen LogP contribution >= 0.6 is 7.82 Å². The van der Waals surface area contributed by atoms with E-state index in [2.05, 4.69) is 33.0 Å². The van der Waals surface area contributed by atoms with Gasteiger partial charge in [-0.2, -0.15) is 0 Å². The maximum atomic E-state index is 14.5. The molecule has 1 aliphatic rings. The van der Waals surface area contributed by atoms with E-state index in [0.717, 1.165) is 89.9 Å². The molecule has 0 aliphatic carbocycles. The first-order chi connectivity index (χ1) is 39.7. The fourth-order valence-corrected chi connectivity index (χ4v) is 11.8. The second kappa shape index (κ2) is 53.2. The van der Waals surface area contributed by atoms with Gasteiger partial charge in [0.25, 0.3) is 0 Å². The van der Waals surface area contributed by atoms with E-state index in [-0.39, 0.29) is 31.7 Å². The summed E-state index contributed by atoms with van der Waals surface area (Å²) in [5.74, 6) is -3.61. The van der Waals surface area contributed by atoms with Crippen molar-refractivity contribution in [3.05, 3.63) is 0 Å². The number of phosphoric acid groups is 1. The molecule has 1 rings (SSSR count). The number of unbranched alkanes of at least 4 members (excludes halogenated alkanes) is 36. The van der Waals surface area contributed by atoms with E-state index < -0.39 is 94.1 Å². The minimum absolute atomic E-state index is 0.149. The molecule has 82 heavy (non-hydrogen) atoms. The van der Waals surface area contributed by atoms with Gasteiger partial charge in [-0.05, 0) is 38.5 Å². The summed E-state index contributed by atoms with van der Waals surface area (Å²) in [4.78, 5) is 74.4. The molecule has 1 fully saturated rings. The van der Waals surface area contributed by atoms with Crippen LogP contribution in [0.4, 0.5) is 0 Å². The van der Waals surface area contributed by atoms with Crippen LogP contribution in [0, 0.1) is 5.92 Å². The van der Waals surface area contributed by atoms with Gasteiger partial charge in [0, 0.05) is 19.3 Å².